The predicted octanol–water partition coefficient (Wildman–Crippen LogP) is 0.563. The van der Waals surface area contributed by atoms with Crippen LogP contribution in [0.2, 0.25) is 0 Å². The van der Waals surface area contributed by atoms with Gasteiger partial charge in [0.1, 0.15) is 5.82 Å². The fourth-order valence-electron chi connectivity index (χ4n) is 1.38. The van der Waals surface area contributed by atoms with E-state index in [1.54, 1.807) is 11.5 Å². The molecule has 0 atom stereocenters. The predicted molar refractivity (Wildman–Crippen MR) is 70.9 cm³/mol. The molecule has 0 saturated heterocycles. The van der Waals surface area contributed by atoms with Gasteiger partial charge in [0.25, 0.3) is 0 Å². The van der Waals surface area contributed by atoms with Crippen molar-refractivity contribution in [1.82, 2.24) is 24.2 Å². The minimum absolute atomic E-state index is 0.0289. The Kier molecular flexibility index (Phi) is 4.25. The first-order valence-corrected chi connectivity index (χ1v) is 6.42. The Labute approximate surface area is 117 Å². The summed E-state index contributed by atoms with van der Waals surface area (Å²) in [5, 5.41) is 14.3. The van der Waals surface area contributed by atoms with Crippen LogP contribution in [0, 0.1) is 6.92 Å². The third kappa shape index (κ3) is 3.75. The fraction of sp³-hybridized carbons (Fsp3) is 0.300. The van der Waals surface area contributed by atoms with Crippen molar-refractivity contribution in [2.24, 2.45) is 0 Å². The van der Waals surface area contributed by atoms with Gasteiger partial charge in [-0.25, -0.2) is 19.6 Å². The Morgan fingerprint density at radius 2 is 2.30 bits per heavy atom. The fourth-order valence-corrected chi connectivity index (χ4v) is 1.95. The van der Waals surface area contributed by atoms with Gasteiger partial charge in [-0.3, -0.25) is 5.32 Å². The molecule has 0 unspecified atom stereocenters. The van der Waals surface area contributed by atoms with Crippen LogP contribution in [0.15, 0.2) is 12.5 Å². The minimum Gasteiger partial charge on any atom is -0.476 e. The number of rotatable bonds is 5. The average Bonchev–Trinajstić information content (AvgIpc) is 2.99. The Morgan fingerprint density at radius 1 is 1.50 bits per heavy atom. The number of hydrogen-bond donors (Lipinski definition) is 3. The van der Waals surface area contributed by atoms with Crippen molar-refractivity contribution < 1.29 is 14.7 Å². The minimum atomic E-state index is -1.08. The monoisotopic (exact) mass is 296 g/mol. The number of imidazole rings is 1. The second-order valence-corrected chi connectivity index (χ2v) is 4.58. The van der Waals surface area contributed by atoms with E-state index in [9.17, 15) is 9.59 Å². The Hall–Kier alpha value is -2.49. The van der Waals surface area contributed by atoms with Crippen LogP contribution in [0.1, 0.15) is 16.3 Å². The van der Waals surface area contributed by atoms with Crippen molar-refractivity contribution in [3.05, 3.63) is 24.0 Å². The third-order valence-electron chi connectivity index (χ3n) is 2.26. The molecule has 0 aliphatic carbocycles. The molecule has 0 radical (unpaired) electrons. The van der Waals surface area contributed by atoms with Crippen molar-refractivity contribution in [3.8, 4) is 0 Å². The van der Waals surface area contributed by atoms with Gasteiger partial charge in [-0.05, 0) is 6.92 Å². The first kappa shape index (κ1) is 13.9. The molecule has 3 N–H and O–H groups in total. The molecule has 106 valence electrons. The van der Waals surface area contributed by atoms with E-state index in [2.05, 4.69) is 25.0 Å². The maximum atomic E-state index is 11.5. The number of amides is 2. The zero-order chi connectivity index (χ0) is 14.5. The summed E-state index contributed by atoms with van der Waals surface area (Å²) in [5.74, 6) is -0.481. The molecular weight excluding hydrogens is 284 g/mol. The van der Waals surface area contributed by atoms with E-state index in [1.165, 1.54) is 12.5 Å². The number of carboxylic acid groups (broad SMARTS) is 1. The van der Waals surface area contributed by atoms with Gasteiger partial charge in [0.2, 0.25) is 5.13 Å². The molecule has 20 heavy (non-hydrogen) atoms. The lowest BCUT2D eigenvalue weighted by Gasteiger charge is -2.05. The van der Waals surface area contributed by atoms with Gasteiger partial charge in [-0.15, -0.1) is 0 Å². The number of anilines is 1. The zero-order valence-electron chi connectivity index (χ0n) is 10.5. The third-order valence-corrected chi connectivity index (χ3v) is 2.98. The lowest BCUT2D eigenvalue weighted by Crippen LogP contribution is -2.31. The summed E-state index contributed by atoms with van der Waals surface area (Å²) in [6.45, 7) is 2.49. The molecule has 0 saturated carbocycles. The summed E-state index contributed by atoms with van der Waals surface area (Å²) >= 11 is 1.10. The van der Waals surface area contributed by atoms with E-state index in [4.69, 9.17) is 5.11 Å². The molecule has 9 nitrogen and oxygen atoms in total. The van der Waals surface area contributed by atoms with E-state index in [0.717, 1.165) is 11.5 Å². The number of urea groups is 1. The molecule has 10 heteroatoms. The highest BCUT2D eigenvalue weighted by Crippen LogP contribution is 2.09. The van der Waals surface area contributed by atoms with Crippen molar-refractivity contribution in [3.63, 3.8) is 0 Å². The van der Waals surface area contributed by atoms with Crippen LogP contribution in [-0.4, -0.2) is 42.6 Å². The summed E-state index contributed by atoms with van der Waals surface area (Å²) in [5.41, 5.74) is -0.0289. The maximum Gasteiger partial charge on any atom is 0.356 e. The first-order chi connectivity index (χ1) is 9.54. The van der Waals surface area contributed by atoms with Crippen LogP contribution in [0.5, 0.6) is 0 Å². The van der Waals surface area contributed by atoms with Crippen molar-refractivity contribution in [2.45, 2.75) is 13.5 Å². The van der Waals surface area contributed by atoms with Crippen molar-refractivity contribution in [1.29, 1.82) is 0 Å². The topological polar surface area (TPSA) is 122 Å². The molecule has 2 heterocycles. The number of nitrogens with one attached hydrogen (secondary N) is 2. The van der Waals surface area contributed by atoms with E-state index in [1.807, 2.05) is 0 Å². The summed E-state index contributed by atoms with van der Waals surface area (Å²) in [7, 11) is 0. The van der Waals surface area contributed by atoms with Gasteiger partial charge in [0, 0.05) is 30.8 Å². The Balaban J connectivity index is 1.74. The Bertz CT molecular complexity index is 622. The van der Waals surface area contributed by atoms with Gasteiger partial charge >= 0.3 is 12.0 Å². The molecule has 2 aromatic heterocycles. The van der Waals surface area contributed by atoms with Gasteiger partial charge in [0.05, 0.1) is 6.33 Å². The van der Waals surface area contributed by atoms with Gasteiger partial charge in [0.15, 0.2) is 5.69 Å². The molecule has 0 bridgehead atoms. The highest BCUT2D eigenvalue weighted by Gasteiger charge is 2.07. The van der Waals surface area contributed by atoms with Crippen molar-refractivity contribution in [2.75, 3.05) is 11.9 Å². The second-order valence-electron chi connectivity index (χ2n) is 3.83. The van der Waals surface area contributed by atoms with Gasteiger partial charge in [-0.2, -0.15) is 4.37 Å². The standard InChI is InChI=1S/C10H12N6O3S/c1-6-13-10(20-15-6)14-9(19)11-2-3-16-4-7(8(17)18)12-5-16/h4-5H,2-3H2,1H3,(H,17,18)(H2,11,13,14,15,19). The zero-order valence-corrected chi connectivity index (χ0v) is 11.3. The molecule has 0 aliphatic rings. The quantitative estimate of drug-likeness (QED) is 0.741. The van der Waals surface area contributed by atoms with Crippen LogP contribution in [0.4, 0.5) is 9.93 Å². The Morgan fingerprint density at radius 3 is 2.90 bits per heavy atom. The van der Waals surface area contributed by atoms with E-state index < -0.39 is 5.97 Å². The molecule has 0 aromatic carbocycles. The summed E-state index contributed by atoms with van der Waals surface area (Å²) < 4.78 is 5.52. The normalized spacial score (nSPS) is 10.2. The number of carbonyl (C=O) groups is 2. The number of aromatic nitrogens is 4. The molecule has 0 aliphatic heterocycles. The van der Waals surface area contributed by atoms with E-state index in [-0.39, 0.29) is 11.7 Å². The highest BCUT2D eigenvalue weighted by atomic mass is 32.1. The first-order valence-electron chi connectivity index (χ1n) is 5.65. The second kappa shape index (κ2) is 6.10. The number of carboxylic acids is 1. The SMILES string of the molecule is Cc1nsc(NC(=O)NCCn2cnc(C(=O)O)c2)n1. The molecular formula is C10H12N6O3S. The molecule has 2 amide bonds. The van der Waals surface area contributed by atoms with Crippen LogP contribution in [-0.2, 0) is 6.54 Å². The van der Waals surface area contributed by atoms with Crippen LogP contribution < -0.4 is 10.6 Å². The average molecular weight is 296 g/mol. The molecule has 2 rings (SSSR count). The molecule has 2 aromatic rings. The van der Waals surface area contributed by atoms with Crippen LogP contribution >= 0.6 is 11.5 Å². The smallest absolute Gasteiger partial charge is 0.356 e. The number of aromatic carboxylic acids is 1. The van der Waals surface area contributed by atoms with Gasteiger partial charge < -0.3 is 15.0 Å². The molecule has 0 fully saturated rings. The molecule has 0 spiro atoms. The number of nitrogens with zero attached hydrogens (tertiary/aromatic N) is 4. The summed E-state index contributed by atoms with van der Waals surface area (Å²) in [6.07, 6.45) is 2.80. The summed E-state index contributed by atoms with van der Waals surface area (Å²) in [6, 6.07) is -0.389. The van der Waals surface area contributed by atoms with E-state index in [0.29, 0.717) is 24.0 Å². The number of hydrogen-bond acceptors (Lipinski definition) is 6. The lowest BCUT2D eigenvalue weighted by molar-refractivity contribution is 0.0691. The summed E-state index contributed by atoms with van der Waals surface area (Å²) in [4.78, 5) is 29.9. The maximum absolute atomic E-state index is 11.5. The highest BCUT2D eigenvalue weighted by molar-refractivity contribution is 7.09. The van der Waals surface area contributed by atoms with Gasteiger partial charge in [-0.1, -0.05) is 0 Å². The van der Waals surface area contributed by atoms with Crippen molar-refractivity contribution >= 4 is 28.7 Å². The van der Waals surface area contributed by atoms with E-state index >= 15 is 0 Å². The largest absolute Gasteiger partial charge is 0.476 e. The lowest BCUT2D eigenvalue weighted by atomic mass is 10.5. The van der Waals surface area contributed by atoms with Crippen LogP contribution in [0.3, 0.4) is 0 Å². The number of carbonyl (C=O) groups excluding carboxylic acids is 1. The van der Waals surface area contributed by atoms with Crippen LogP contribution in [0.25, 0.3) is 0 Å². The number of aryl methyl sites for hydroxylation is 1.